The molecule has 11 heavy (non-hydrogen) atoms. The van der Waals surface area contributed by atoms with E-state index in [1.807, 2.05) is 0 Å². The number of hydrazine groups is 1. The van der Waals surface area contributed by atoms with Gasteiger partial charge in [0.15, 0.2) is 0 Å². The zero-order valence-corrected chi connectivity index (χ0v) is 6.08. The van der Waals surface area contributed by atoms with Crippen LogP contribution in [0.3, 0.4) is 0 Å². The molecule has 0 aliphatic carbocycles. The molecule has 0 spiro atoms. The predicted octanol–water partition coefficient (Wildman–Crippen LogP) is -1.40. The first-order valence-electron chi connectivity index (χ1n) is 3.13. The second-order valence-electron chi connectivity index (χ2n) is 1.62. The summed E-state index contributed by atoms with van der Waals surface area (Å²) in [4.78, 5) is 10.3. The quantitative estimate of drug-likeness (QED) is 0.201. The van der Waals surface area contributed by atoms with Gasteiger partial charge in [-0.3, -0.25) is 5.43 Å². The van der Waals surface area contributed by atoms with Gasteiger partial charge in [-0.2, -0.15) is 0 Å². The predicted molar refractivity (Wildman–Crippen MR) is 36.6 cm³/mol. The maximum absolute atomic E-state index is 10.3. The van der Waals surface area contributed by atoms with Gasteiger partial charge in [-0.15, -0.1) is 0 Å². The lowest BCUT2D eigenvalue weighted by atomic mass is 10.7. The van der Waals surface area contributed by atoms with Crippen molar-refractivity contribution in [2.75, 3.05) is 26.4 Å². The molecule has 0 aromatic carbocycles. The minimum Gasteiger partial charge on any atom is -0.446 e. The zero-order chi connectivity index (χ0) is 8.53. The molecular weight excluding hydrogens is 152 g/mol. The van der Waals surface area contributed by atoms with Crippen molar-refractivity contribution in [1.29, 1.82) is 0 Å². The summed E-state index contributed by atoms with van der Waals surface area (Å²) in [5.41, 5.74) is 1.79. The molecule has 0 unspecified atom stereocenters. The van der Waals surface area contributed by atoms with E-state index < -0.39 is 6.09 Å². The van der Waals surface area contributed by atoms with Gasteiger partial charge in [0.1, 0.15) is 6.61 Å². The van der Waals surface area contributed by atoms with E-state index in [9.17, 15) is 4.79 Å². The van der Waals surface area contributed by atoms with E-state index in [2.05, 4.69) is 4.74 Å². The molecule has 0 radical (unpaired) electrons. The maximum atomic E-state index is 10.3. The van der Waals surface area contributed by atoms with Gasteiger partial charge in [-0.1, -0.05) is 0 Å². The fourth-order valence-corrected chi connectivity index (χ4v) is 0.402. The molecule has 0 aliphatic heterocycles. The summed E-state index contributed by atoms with van der Waals surface area (Å²) in [5.74, 6) is 4.71. The topological polar surface area (TPSA) is 93.8 Å². The molecule has 0 aliphatic rings. The Labute approximate surface area is 64.2 Å². The first-order valence-corrected chi connectivity index (χ1v) is 3.13. The highest BCUT2D eigenvalue weighted by atomic mass is 16.6. The highest BCUT2D eigenvalue weighted by molar-refractivity contribution is 5.66. The molecule has 0 rings (SSSR count). The second kappa shape index (κ2) is 7.26. The van der Waals surface area contributed by atoms with Crippen molar-refractivity contribution in [3.63, 3.8) is 0 Å². The number of aliphatic hydroxyl groups excluding tert-OH is 1. The fourth-order valence-electron chi connectivity index (χ4n) is 0.402. The van der Waals surface area contributed by atoms with E-state index in [0.717, 1.165) is 0 Å². The van der Waals surface area contributed by atoms with Gasteiger partial charge in [0.2, 0.25) is 0 Å². The van der Waals surface area contributed by atoms with Crippen LogP contribution < -0.4 is 11.3 Å². The van der Waals surface area contributed by atoms with E-state index in [1.165, 1.54) is 0 Å². The molecule has 66 valence electrons. The van der Waals surface area contributed by atoms with Crippen molar-refractivity contribution in [3.8, 4) is 0 Å². The van der Waals surface area contributed by atoms with Crippen molar-refractivity contribution in [1.82, 2.24) is 5.43 Å². The van der Waals surface area contributed by atoms with Gasteiger partial charge in [0, 0.05) is 0 Å². The van der Waals surface area contributed by atoms with Gasteiger partial charge >= 0.3 is 6.09 Å². The number of hydrogen-bond donors (Lipinski definition) is 3. The SMILES string of the molecule is NNC(=O)OCCOCCO. The Bertz CT molecular complexity index is 109. The number of carbonyl (C=O) groups is 1. The van der Waals surface area contributed by atoms with Crippen molar-refractivity contribution in [2.45, 2.75) is 0 Å². The summed E-state index contributed by atoms with van der Waals surface area (Å²) in [5, 5.41) is 8.26. The summed E-state index contributed by atoms with van der Waals surface area (Å²) in [7, 11) is 0. The summed E-state index contributed by atoms with van der Waals surface area (Å²) in [6, 6.07) is 0. The molecule has 0 saturated heterocycles. The molecule has 6 heteroatoms. The third-order valence-corrected chi connectivity index (χ3v) is 0.814. The number of hydrogen-bond acceptors (Lipinski definition) is 5. The van der Waals surface area contributed by atoms with Crippen LogP contribution in [-0.2, 0) is 9.47 Å². The highest BCUT2D eigenvalue weighted by Gasteiger charge is 1.95. The molecule has 6 nitrogen and oxygen atoms in total. The number of nitrogens with two attached hydrogens (primary N) is 1. The minimum atomic E-state index is -0.697. The Morgan fingerprint density at radius 1 is 1.45 bits per heavy atom. The van der Waals surface area contributed by atoms with Gasteiger partial charge in [-0.05, 0) is 0 Å². The lowest BCUT2D eigenvalue weighted by Crippen LogP contribution is -2.31. The first-order chi connectivity index (χ1) is 5.31. The minimum absolute atomic E-state index is 0.0386. The number of ether oxygens (including phenoxy) is 2. The van der Waals surface area contributed by atoms with E-state index in [1.54, 1.807) is 5.43 Å². The third-order valence-electron chi connectivity index (χ3n) is 0.814. The van der Waals surface area contributed by atoms with E-state index in [4.69, 9.17) is 15.7 Å². The summed E-state index contributed by atoms with van der Waals surface area (Å²) < 4.78 is 9.24. The van der Waals surface area contributed by atoms with Gasteiger partial charge < -0.3 is 14.6 Å². The largest absolute Gasteiger partial charge is 0.446 e. The van der Waals surface area contributed by atoms with Crippen LogP contribution in [0.25, 0.3) is 0 Å². The van der Waals surface area contributed by atoms with E-state index in [-0.39, 0.29) is 26.4 Å². The molecule has 1 amide bonds. The maximum Gasteiger partial charge on any atom is 0.421 e. The van der Waals surface area contributed by atoms with Gasteiger partial charge in [0.05, 0.1) is 19.8 Å². The van der Waals surface area contributed by atoms with Crippen molar-refractivity contribution in [3.05, 3.63) is 0 Å². The molecule has 0 atom stereocenters. The zero-order valence-electron chi connectivity index (χ0n) is 6.08. The third kappa shape index (κ3) is 7.04. The fraction of sp³-hybridized carbons (Fsp3) is 0.800. The number of aliphatic hydroxyl groups is 1. The molecule has 0 heterocycles. The first kappa shape index (κ1) is 10.2. The lowest BCUT2D eigenvalue weighted by Gasteiger charge is -2.03. The van der Waals surface area contributed by atoms with E-state index >= 15 is 0 Å². The lowest BCUT2D eigenvalue weighted by molar-refractivity contribution is 0.0537. The van der Waals surface area contributed by atoms with Crippen LogP contribution in [0.1, 0.15) is 0 Å². The Hall–Kier alpha value is -0.850. The van der Waals surface area contributed by atoms with Crippen LogP contribution >= 0.6 is 0 Å². The van der Waals surface area contributed by atoms with Gasteiger partial charge in [-0.25, -0.2) is 10.6 Å². The van der Waals surface area contributed by atoms with Crippen LogP contribution in [0.15, 0.2) is 0 Å². The highest BCUT2D eigenvalue weighted by Crippen LogP contribution is 1.77. The number of carbonyl (C=O) groups excluding carboxylic acids is 1. The Balaban J connectivity index is 2.95. The van der Waals surface area contributed by atoms with E-state index in [0.29, 0.717) is 0 Å². The van der Waals surface area contributed by atoms with Crippen molar-refractivity contribution < 1.29 is 19.4 Å². The van der Waals surface area contributed by atoms with Crippen LogP contribution in [-0.4, -0.2) is 37.6 Å². The monoisotopic (exact) mass is 164 g/mol. The molecule has 0 aromatic heterocycles. The molecule has 0 fully saturated rings. The molecule has 0 bridgehead atoms. The Kier molecular flexibility index (Phi) is 6.70. The summed E-state index contributed by atoms with van der Waals surface area (Å²) >= 11 is 0. The van der Waals surface area contributed by atoms with Crippen LogP contribution in [0.4, 0.5) is 4.79 Å². The molecule has 4 N–H and O–H groups in total. The van der Waals surface area contributed by atoms with Crippen molar-refractivity contribution >= 4 is 6.09 Å². The van der Waals surface area contributed by atoms with Crippen LogP contribution in [0.5, 0.6) is 0 Å². The van der Waals surface area contributed by atoms with Gasteiger partial charge in [0.25, 0.3) is 0 Å². The smallest absolute Gasteiger partial charge is 0.421 e. The average Bonchev–Trinajstić information content (AvgIpc) is 2.04. The second-order valence-corrected chi connectivity index (χ2v) is 1.62. The number of amides is 1. The summed E-state index contributed by atoms with van der Waals surface area (Å²) in [6.45, 7) is 0.591. The molecule has 0 saturated carbocycles. The summed E-state index contributed by atoms with van der Waals surface area (Å²) in [6.07, 6.45) is -0.697. The number of nitrogens with one attached hydrogen (secondary N) is 1. The van der Waals surface area contributed by atoms with Crippen LogP contribution in [0.2, 0.25) is 0 Å². The molecular formula is C5H12N2O4. The Morgan fingerprint density at radius 2 is 2.18 bits per heavy atom. The average molecular weight is 164 g/mol. The van der Waals surface area contributed by atoms with Crippen molar-refractivity contribution in [2.24, 2.45) is 5.84 Å². The standard InChI is InChI=1S/C5H12N2O4/c6-7-5(9)11-4-3-10-2-1-8/h8H,1-4,6H2,(H,7,9). The number of rotatable bonds is 5. The normalized spacial score (nSPS) is 9.27. The Morgan fingerprint density at radius 3 is 2.73 bits per heavy atom. The van der Waals surface area contributed by atoms with Crippen LogP contribution in [0, 0.1) is 0 Å². The molecule has 0 aromatic rings.